The third-order valence-corrected chi connectivity index (χ3v) is 6.69. The van der Waals surface area contributed by atoms with Crippen LogP contribution in [0.15, 0.2) is 62.4 Å². The largest absolute Gasteiger partial charge is 0.464 e. The molecule has 0 bridgehead atoms. The smallest absolute Gasteiger partial charge is 0.449 e. The number of hydrogen-bond acceptors (Lipinski definition) is 4. The number of amides is 1. The first-order valence-corrected chi connectivity index (χ1v) is 10.4. The zero-order chi connectivity index (χ0) is 23.1. The van der Waals surface area contributed by atoms with Crippen molar-refractivity contribution in [3.05, 3.63) is 87.4 Å². The Hall–Kier alpha value is -3.75. The summed E-state index contributed by atoms with van der Waals surface area (Å²) in [7, 11) is 0. The molecule has 6 rings (SSSR count). The number of carbonyl (C=O) groups is 1. The summed E-state index contributed by atoms with van der Waals surface area (Å²) in [6, 6.07) is 11.0. The van der Waals surface area contributed by atoms with Crippen LogP contribution in [-0.2, 0) is 29.5 Å². The molecule has 0 radical (unpaired) electrons. The summed E-state index contributed by atoms with van der Waals surface area (Å²) < 4.78 is 51.1. The molecule has 2 aliphatic heterocycles. The SMILES string of the molecule is Cc1coc2cc3n(c(=O)c12)CCC31C(=O)N(Cc2ccc(C(F)(F)F)o2)c2ccccc21. The number of aromatic nitrogens is 1. The molecular formula is C24H17F3N2O4. The Morgan fingerprint density at radius 1 is 1.12 bits per heavy atom. The summed E-state index contributed by atoms with van der Waals surface area (Å²) >= 11 is 0. The minimum atomic E-state index is -4.61. The fourth-order valence-electron chi connectivity index (χ4n) is 5.22. The number of rotatable bonds is 2. The van der Waals surface area contributed by atoms with Crippen LogP contribution in [0.1, 0.15) is 34.8 Å². The number of benzene rings is 1. The number of anilines is 1. The lowest BCUT2D eigenvalue weighted by Crippen LogP contribution is -2.40. The van der Waals surface area contributed by atoms with Gasteiger partial charge in [0.05, 0.1) is 18.2 Å². The van der Waals surface area contributed by atoms with E-state index < -0.39 is 17.4 Å². The highest BCUT2D eigenvalue weighted by atomic mass is 19.4. The third-order valence-electron chi connectivity index (χ3n) is 6.69. The molecule has 1 atom stereocenters. The molecule has 168 valence electrons. The molecule has 2 aliphatic rings. The molecule has 1 amide bonds. The lowest BCUT2D eigenvalue weighted by molar-refractivity contribution is -0.153. The molecule has 0 fully saturated rings. The van der Waals surface area contributed by atoms with E-state index in [4.69, 9.17) is 8.83 Å². The van der Waals surface area contributed by atoms with Gasteiger partial charge in [-0.2, -0.15) is 13.2 Å². The van der Waals surface area contributed by atoms with Crippen molar-refractivity contribution in [2.75, 3.05) is 4.90 Å². The Labute approximate surface area is 184 Å². The summed E-state index contributed by atoms with van der Waals surface area (Å²) in [6.07, 6.45) is -2.73. The van der Waals surface area contributed by atoms with Crippen molar-refractivity contribution in [2.45, 2.75) is 38.0 Å². The number of para-hydroxylation sites is 1. The highest BCUT2D eigenvalue weighted by Gasteiger charge is 2.56. The quantitative estimate of drug-likeness (QED) is 0.438. The number of fused-ring (bicyclic) bond motifs is 5. The average Bonchev–Trinajstić information content (AvgIpc) is 3.53. The molecule has 1 spiro atoms. The Bertz CT molecular complexity index is 1510. The highest BCUT2D eigenvalue weighted by molar-refractivity contribution is 6.10. The van der Waals surface area contributed by atoms with Crippen LogP contribution in [0.25, 0.3) is 11.0 Å². The van der Waals surface area contributed by atoms with E-state index in [9.17, 15) is 22.8 Å². The van der Waals surface area contributed by atoms with Gasteiger partial charge in [-0.15, -0.1) is 0 Å². The van der Waals surface area contributed by atoms with E-state index in [1.165, 1.54) is 17.2 Å². The third kappa shape index (κ3) is 2.56. The van der Waals surface area contributed by atoms with Gasteiger partial charge in [-0.25, -0.2) is 0 Å². The normalized spacial score (nSPS) is 19.6. The fourth-order valence-corrected chi connectivity index (χ4v) is 5.22. The van der Waals surface area contributed by atoms with Gasteiger partial charge in [0.15, 0.2) is 0 Å². The Balaban J connectivity index is 1.50. The highest BCUT2D eigenvalue weighted by Crippen LogP contribution is 2.51. The van der Waals surface area contributed by atoms with Gasteiger partial charge in [0.25, 0.3) is 5.56 Å². The van der Waals surface area contributed by atoms with E-state index in [1.807, 2.05) is 12.1 Å². The van der Waals surface area contributed by atoms with E-state index in [2.05, 4.69) is 0 Å². The van der Waals surface area contributed by atoms with Crippen LogP contribution >= 0.6 is 0 Å². The van der Waals surface area contributed by atoms with Gasteiger partial charge in [-0.3, -0.25) is 9.59 Å². The van der Waals surface area contributed by atoms with E-state index >= 15 is 0 Å². The first-order chi connectivity index (χ1) is 15.7. The zero-order valence-electron chi connectivity index (χ0n) is 17.4. The second kappa shape index (κ2) is 6.40. The van der Waals surface area contributed by atoms with Crippen molar-refractivity contribution in [2.24, 2.45) is 0 Å². The zero-order valence-corrected chi connectivity index (χ0v) is 17.4. The van der Waals surface area contributed by atoms with Gasteiger partial charge in [0, 0.05) is 29.6 Å². The lowest BCUT2D eigenvalue weighted by Gasteiger charge is -2.24. The number of halogens is 3. The Kier molecular flexibility index (Phi) is 3.86. The van der Waals surface area contributed by atoms with Gasteiger partial charge < -0.3 is 18.3 Å². The first-order valence-electron chi connectivity index (χ1n) is 10.4. The minimum absolute atomic E-state index is 0.0232. The van der Waals surface area contributed by atoms with Crippen molar-refractivity contribution >= 4 is 22.6 Å². The van der Waals surface area contributed by atoms with Crippen molar-refractivity contribution in [3.63, 3.8) is 0 Å². The number of nitrogens with zero attached hydrogens (tertiary/aromatic N) is 2. The monoisotopic (exact) mass is 454 g/mol. The van der Waals surface area contributed by atoms with Crippen molar-refractivity contribution in [3.8, 4) is 0 Å². The maximum absolute atomic E-state index is 13.9. The second-order valence-electron chi connectivity index (χ2n) is 8.47. The van der Waals surface area contributed by atoms with E-state index in [0.29, 0.717) is 40.9 Å². The molecule has 5 heterocycles. The van der Waals surface area contributed by atoms with Crippen LogP contribution < -0.4 is 10.5 Å². The summed E-state index contributed by atoms with van der Waals surface area (Å²) in [4.78, 5) is 28.5. The van der Waals surface area contributed by atoms with E-state index in [-0.39, 0.29) is 23.8 Å². The molecule has 1 aromatic carbocycles. The summed E-state index contributed by atoms with van der Waals surface area (Å²) in [5.41, 5.74) is 1.64. The molecular weight excluding hydrogens is 437 g/mol. The fraction of sp³-hybridized carbons (Fsp3) is 0.250. The standard InChI is InChI=1S/C24H17F3N2O4/c1-13-12-32-17-10-18-23(8-9-28(18)21(30)20(13)17)15-4-2-3-5-16(15)29(22(23)31)11-14-6-7-19(33-14)24(25,26)27/h2-7,10,12H,8-9,11H2,1H3. The molecule has 0 aliphatic carbocycles. The summed E-state index contributed by atoms with van der Waals surface area (Å²) in [6.45, 7) is 1.99. The molecule has 9 heteroatoms. The molecule has 3 aromatic heterocycles. The van der Waals surface area contributed by atoms with Crippen LogP contribution in [0.4, 0.5) is 18.9 Å². The molecule has 4 aromatic rings. The number of pyridine rings is 1. The van der Waals surface area contributed by atoms with E-state index in [0.717, 1.165) is 11.6 Å². The van der Waals surface area contributed by atoms with Crippen molar-refractivity contribution in [1.82, 2.24) is 4.57 Å². The summed E-state index contributed by atoms with van der Waals surface area (Å²) in [5.74, 6) is -1.39. The van der Waals surface area contributed by atoms with Crippen molar-refractivity contribution in [1.29, 1.82) is 0 Å². The van der Waals surface area contributed by atoms with Crippen molar-refractivity contribution < 1.29 is 26.8 Å². The molecule has 0 N–H and O–H groups in total. The average molecular weight is 454 g/mol. The van der Waals surface area contributed by atoms with Crippen LogP contribution in [0.3, 0.4) is 0 Å². The maximum atomic E-state index is 13.9. The number of carbonyl (C=O) groups excluding carboxylic acids is 1. The van der Waals surface area contributed by atoms with Gasteiger partial charge in [0.1, 0.15) is 16.8 Å². The lowest BCUT2D eigenvalue weighted by atomic mass is 9.77. The topological polar surface area (TPSA) is 68.6 Å². The Morgan fingerprint density at radius 2 is 1.91 bits per heavy atom. The van der Waals surface area contributed by atoms with Crippen LogP contribution in [0, 0.1) is 6.92 Å². The van der Waals surface area contributed by atoms with Gasteiger partial charge >= 0.3 is 6.18 Å². The predicted octanol–water partition coefficient (Wildman–Crippen LogP) is 4.75. The molecule has 1 unspecified atom stereocenters. The molecule has 6 nitrogen and oxygen atoms in total. The molecule has 33 heavy (non-hydrogen) atoms. The van der Waals surface area contributed by atoms with Crippen LogP contribution in [-0.4, -0.2) is 10.5 Å². The number of hydrogen-bond donors (Lipinski definition) is 0. The van der Waals surface area contributed by atoms with Gasteiger partial charge in [-0.1, -0.05) is 18.2 Å². The predicted molar refractivity (Wildman–Crippen MR) is 112 cm³/mol. The number of furan rings is 2. The maximum Gasteiger partial charge on any atom is 0.449 e. The summed E-state index contributed by atoms with van der Waals surface area (Å²) in [5, 5.41) is 0.488. The Morgan fingerprint density at radius 3 is 2.67 bits per heavy atom. The second-order valence-corrected chi connectivity index (χ2v) is 8.47. The number of alkyl halides is 3. The van der Waals surface area contributed by atoms with Gasteiger partial charge in [-0.05, 0) is 37.1 Å². The van der Waals surface area contributed by atoms with Crippen LogP contribution in [0.5, 0.6) is 0 Å². The molecule has 0 saturated carbocycles. The van der Waals surface area contributed by atoms with Gasteiger partial charge in [0.2, 0.25) is 11.7 Å². The van der Waals surface area contributed by atoms with Crippen LogP contribution in [0.2, 0.25) is 0 Å². The first kappa shape index (κ1) is 19.9. The molecule has 0 saturated heterocycles. The minimum Gasteiger partial charge on any atom is -0.464 e. The van der Waals surface area contributed by atoms with E-state index in [1.54, 1.807) is 29.7 Å². The number of aryl methyl sites for hydroxylation is 1.